The van der Waals surface area contributed by atoms with Gasteiger partial charge in [0.15, 0.2) is 11.2 Å². The number of rotatable bonds is 5. The van der Waals surface area contributed by atoms with Gasteiger partial charge in [0.2, 0.25) is 0 Å². The molecule has 1 aliphatic rings. The molecule has 2 heterocycles. The second-order valence-electron chi connectivity index (χ2n) is 7.03. The van der Waals surface area contributed by atoms with E-state index >= 15 is 0 Å². The Kier molecular flexibility index (Phi) is 5.57. The van der Waals surface area contributed by atoms with Crippen LogP contribution < -0.4 is 15.6 Å². The van der Waals surface area contributed by atoms with Crippen molar-refractivity contribution < 1.29 is 13.6 Å². The van der Waals surface area contributed by atoms with Crippen LogP contribution in [0.15, 0.2) is 63.8 Å². The smallest absolute Gasteiger partial charge is 0.287 e. The van der Waals surface area contributed by atoms with E-state index in [0.717, 1.165) is 31.9 Å². The highest BCUT2D eigenvalue weighted by Crippen LogP contribution is 2.16. The maximum absolute atomic E-state index is 13.1. The minimum absolute atomic E-state index is 0.0230. The molecule has 4 rings (SSSR count). The van der Waals surface area contributed by atoms with E-state index in [-0.39, 0.29) is 17.0 Å². The van der Waals surface area contributed by atoms with E-state index in [4.69, 9.17) is 4.42 Å². The molecular weight excluding hydrogens is 373 g/mol. The van der Waals surface area contributed by atoms with Crippen LogP contribution in [0.25, 0.3) is 11.0 Å². The van der Waals surface area contributed by atoms with E-state index in [1.807, 2.05) is 0 Å². The van der Waals surface area contributed by atoms with Gasteiger partial charge in [-0.25, -0.2) is 4.39 Å². The zero-order valence-electron chi connectivity index (χ0n) is 15.9. The maximum Gasteiger partial charge on any atom is 0.287 e. The van der Waals surface area contributed by atoms with Gasteiger partial charge in [-0.3, -0.25) is 14.5 Å². The number of carbonyl (C=O) groups is 1. The first-order valence-corrected chi connectivity index (χ1v) is 9.64. The molecule has 0 saturated carbocycles. The van der Waals surface area contributed by atoms with Crippen LogP contribution >= 0.6 is 0 Å². The van der Waals surface area contributed by atoms with Gasteiger partial charge in [-0.15, -0.1) is 0 Å². The van der Waals surface area contributed by atoms with Crippen LogP contribution in [0.5, 0.6) is 0 Å². The zero-order chi connectivity index (χ0) is 20.2. The Labute approximate surface area is 167 Å². The Bertz CT molecular complexity index is 1060. The Morgan fingerprint density at radius 2 is 1.76 bits per heavy atom. The zero-order valence-corrected chi connectivity index (χ0v) is 15.9. The molecule has 0 unspecified atom stereocenters. The second kappa shape index (κ2) is 8.45. The lowest BCUT2D eigenvalue weighted by atomic mass is 10.2. The molecule has 1 aliphatic heterocycles. The normalized spacial score (nSPS) is 14.9. The number of carbonyl (C=O) groups excluding carboxylic acids is 1. The minimum atomic E-state index is -0.391. The fourth-order valence-corrected chi connectivity index (χ4v) is 3.51. The highest BCUT2D eigenvalue weighted by atomic mass is 19.1. The van der Waals surface area contributed by atoms with Crippen LogP contribution in [0.4, 0.5) is 10.1 Å². The van der Waals surface area contributed by atoms with Crippen molar-refractivity contribution in [2.75, 3.05) is 44.2 Å². The van der Waals surface area contributed by atoms with Crippen molar-refractivity contribution >= 4 is 22.6 Å². The lowest BCUT2D eigenvalue weighted by Gasteiger charge is -2.36. The monoisotopic (exact) mass is 395 g/mol. The van der Waals surface area contributed by atoms with Gasteiger partial charge in [-0.1, -0.05) is 12.1 Å². The summed E-state index contributed by atoms with van der Waals surface area (Å²) in [4.78, 5) is 28.9. The SMILES string of the molecule is O=C(NCCN1CCN(c2ccc(F)cc2)CC1)c1cc(=O)c2ccccc2o1. The van der Waals surface area contributed by atoms with Crippen molar-refractivity contribution in [3.63, 3.8) is 0 Å². The summed E-state index contributed by atoms with van der Waals surface area (Å²) in [5, 5.41) is 3.28. The molecule has 2 aromatic carbocycles. The Balaban J connectivity index is 1.27. The van der Waals surface area contributed by atoms with E-state index < -0.39 is 5.91 Å². The van der Waals surface area contributed by atoms with Crippen molar-refractivity contribution in [3.05, 3.63) is 76.4 Å². The van der Waals surface area contributed by atoms with E-state index in [1.165, 1.54) is 18.2 Å². The number of amides is 1. The molecule has 1 aromatic heterocycles. The van der Waals surface area contributed by atoms with Crippen molar-refractivity contribution in [1.82, 2.24) is 10.2 Å². The summed E-state index contributed by atoms with van der Waals surface area (Å²) in [6.45, 7) is 4.58. The van der Waals surface area contributed by atoms with Crippen molar-refractivity contribution in [1.29, 1.82) is 0 Å². The molecule has 0 radical (unpaired) electrons. The first-order valence-electron chi connectivity index (χ1n) is 9.64. The molecule has 1 amide bonds. The number of nitrogens with one attached hydrogen (secondary N) is 1. The summed E-state index contributed by atoms with van der Waals surface area (Å²) in [6, 6.07) is 14.6. The highest BCUT2D eigenvalue weighted by molar-refractivity contribution is 5.93. The molecule has 0 aliphatic carbocycles. The Morgan fingerprint density at radius 3 is 2.52 bits per heavy atom. The number of para-hydroxylation sites is 1. The van der Waals surface area contributed by atoms with Crippen LogP contribution in [-0.2, 0) is 0 Å². The van der Waals surface area contributed by atoms with Gasteiger partial charge in [-0.05, 0) is 36.4 Å². The third-order valence-electron chi connectivity index (χ3n) is 5.14. The Hall–Kier alpha value is -3.19. The van der Waals surface area contributed by atoms with Crippen molar-refractivity contribution in [3.8, 4) is 0 Å². The third kappa shape index (κ3) is 4.46. The fourth-order valence-electron chi connectivity index (χ4n) is 3.51. The first kappa shape index (κ1) is 19.1. The van der Waals surface area contributed by atoms with Crippen LogP contribution in [0.3, 0.4) is 0 Å². The van der Waals surface area contributed by atoms with Gasteiger partial charge in [0.05, 0.1) is 5.39 Å². The minimum Gasteiger partial charge on any atom is -0.451 e. The van der Waals surface area contributed by atoms with Crippen molar-refractivity contribution in [2.45, 2.75) is 0 Å². The highest BCUT2D eigenvalue weighted by Gasteiger charge is 2.18. The van der Waals surface area contributed by atoms with Crippen LogP contribution in [0.1, 0.15) is 10.6 Å². The van der Waals surface area contributed by atoms with E-state index in [0.29, 0.717) is 24.1 Å². The van der Waals surface area contributed by atoms with Gasteiger partial charge in [0.1, 0.15) is 11.4 Å². The summed E-state index contributed by atoms with van der Waals surface area (Å²) < 4.78 is 18.6. The topological polar surface area (TPSA) is 65.8 Å². The first-order chi connectivity index (χ1) is 14.1. The van der Waals surface area contributed by atoms with Gasteiger partial charge in [-0.2, -0.15) is 0 Å². The number of anilines is 1. The summed E-state index contributed by atoms with van der Waals surface area (Å²) in [7, 11) is 0. The molecule has 150 valence electrons. The van der Waals surface area contributed by atoms with Crippen molar-refractivity contribution in [2.24, 2.45) is 0 Å². The summed E-state index contributed by atoms with van der Waals surface area (Å²) in [5.41, 5.74) is 1.20. The van der Waals surface area contributed by atoms with Gasteiger partial charge < -0.3 is 14.6 Å². The largest absolute Gasteiger partial charge is 0.451 e. The predicted octanol–water partition coefficient (Wildman–Crippen LogP) is 2.48. The molecule has 1 N–H and O–H groups in total. The van der Waals surface area contributed by atoms with Gasteiger partial charge in [0.25, 0.3) is 5.91 Å². The number of halogens is 1. The average Bonchev–Trinajstić information content (AvgIpc) is 2.75. The molecular formula is C22H22FN3O3. The molecule has 6 nitrogen and oxygen atoms in total. The number of piperazine rings is 1. The molecule has 7 heteroatoms. The van der Waals surface area contributed by atoms with Crippen LogP contribution in [-0.4, -0.2) is 50.1 Å². The van der Waals surface area contributed by atoms with Gasteiger partial charge in [0, 0.05) is 51.0 Å². The maximum atomic E-state index is 13.1. The molecule has 1 saturated heterocycles. The van der Waals surface area contributed by atoms with E-state index in [9.17, 15) is 14.0 Å². The van der Waals surface area contributed by atoms with Gasteiger partial charge >= 0.3 is 0 Å². The third-order valence-corrected chi connectivity index (χ3v) is 5.14. The van der Waals surface area contributed by atoms with E-state index in [2.05, 4.69) is 15.1 Å². The number of hydrogen-bond acceptors (Lipinski definition) is 5. The standard InChI is InChI=1S/C22H22FN3O3/c23-16-5-7-17(8-6-16)26-13-11-25(12-14-26)10-9-24-22(28)21-15-19(27)18-3-1-2-4-20(18)29-21/h1-8,15H,9-14H2,(H,24,28). The fraction of sp³-hybridized carbons (Fsp3) is 0.273. The summed E-state index contributed by atoms with van der Waals surface area (Å²) >= 11 is 0. The summed E-state index contributed by atoms with van der Waals surface area (Å²) in [5.74, 6) is -0.599. The quantitative estimate of drug-likeness (QED) is 0.719. The molecule has 0 bridgehead atoms. The number of fused-ring (bicyclic) bond motifs is 1. The summed E-state index contributed by atoms with van der Waals surface area (Å²) in [6.07, 6.45) is 0. The average molecular weight is 395 g/mol. The lowest BCUT2D eigenvalue weighted by Crippen LogP contribution is -2.48. The lowest BCUT2D eigenvalue weighted by molar-refractivity contribution is 0.0920. The molecule has 0 atom stereocenters. The van der Waals surface area contributed by atoms with Crippen LogP contribution in [0, 0.1) is 5.82 Å². The molecule has 3 aromatic rings. The predicted molar refractivity (Wildman–Crippen MR) is 110 cm³/mol. The molecule has 29 heavy (non-hydrogen) atoms. The number of benzene rings is 2. The van der Waals surface area contributed by atoms with Crippen LogP contribution in [0.2, 0.25) is 0 Å². The number of nitrogens with zero attached hydrogens (tertiary/aromatic N) is 2. The molecule has 1 fully saturated rings. The second-order valence-corrected chi connectivity index (χ2v) is 7.03. The van der Waals surface area contributed by atoms with E-state index in [1.54, 1.807) is 36.4 Å². The number of hydrogen-bond donors (Lipinski definition) is 1. The molecule has 0 spiro atoms. The Morgan fingerprint density at radius 1 is 1.03 bits per heavy atom.